The first-order valence-electron chi connectivity index (χ1n) is 9.08. The van der Waals surface area contributed by atoms with E-state index in [9.17, 15) is 9.59 Å². The summed E-state index contributed by atoms with van der Waals surface area (Å²) in [4.78, 5) is 34.8. The van der Waals surface area contributed by atoms with Gasteiger partial charge in [0.2, 0.25) is 0 Å². The predicted octanol–water partition coefficient (Wildman–Crippen LogP) is 3.49. The second-order valence-electron chi connectivity index (χ2n) is 6.96. The Balaban J connectivity index is 1.81. The van der Waals surface area contributed by atoms with E-state index < -0.39 is 11.2 Å². The van der Waals surface area contributed by atoms with E-state index in [1.54, 1.807) is 0 Å². The highest BCUT2D eigenvalue weighted by molar-refractivity contribution is 6.30. The van der Waals surface area contributed by atoms with Crippen LogP contribution in [-0.4, -0.2) is 19.5 Å². The highest BCUT2D eigenvalue weighted by atomic mass is 35.5. The van der Waals surface area contributed by atoms with E-state index in [4.69, 9.17) is 11.6 Å². The van der Waals surface area contributed by atoms with Crippen molar-refractivity contribution >= 4 is 22.6 Å². The third kappa shape index (κ3) is 3.43. The van der Waals surface area contributed by atoms with Crippen LogP contribution in [0, 0.1) is 13.8 Å². The normalized spacial score (nSPS) is 11.4. The van der Waals surface area contributed by atoms with Gasteiger partial charge in [0, 0.05) is 11.6 Å². The highest BCUT2D eigenvalue weighted by Gasteiger charge is 2.19. The molecule has 4 rings (SSSR count). The summed E-state index contributed by atoms with van der Waals surface area (Å²) in [5, 5.41) is 0.710. The number of aryl methyl sites for hydroxylation is 4. The number of nitrogens with zero attached hydrogens (tertiary/aromatic N) is 3. The molecule has 0 radical (unpaired) electrons. The van der Waals surface area contributed by atoms with Crippen LogP contribution < -0.4 is 11.2 Å². The second kappa shape index (κ2) is 7.20. The van der Waals surface area contributed by atoms with Crippen LogP contribution in [-0.2, 0) is 13.0 Å². The maximum atomic E-state index is 12.3. The van der Waals surface area contributed by atoms with Crippen LogP contribution in [0.15, 0.2) is 46.0 Å². The lowest BCUT2D eigenvalue weighted by molar-refractivity contribution is 0.648. The van der Waals surface area contributed by atoms with Gasteiger partial charge >= 0.3 is 5.69 Å². The molecule has 1 N–H and O–H groups in total. The summed E-state index contributed by atoms with van der Waals surface area (Å²) in [6.45, 7) is 4.65. The molecule has 2 aromatic carbocycles. The van der Waals surface area contributed by atoms with Crippen molar-refractivity contribution in [2.45, 2.75) is 33.2 Å². The summed E-state index contributed by atoms with van der Waals surface area (Å²) in [5.41, 5.74) is 3.98. The van der Waals surface area contributed by atoms with Crippen molar-refractivity contribution in [2.24, 2.45) is 0 Å². The third-order valence-corrected chi connectivity index (χ3v) is 5.24. The molecule has 0 aromatic heterocycles. The topological polar surface area (TPSA) is 80.6 Å². The number of hydrogen-bond acceptors (Lipinski definition) is 4. The molecule has 7 heteroatoms. The molecule has 0 amide bonds. The molecular formula is C21H19ClN4O2. The largest absolute Gasteiger partial charge is 0.349 e. The second-order valence-corrected chi connectivity index (χ2v) is 7.40. The smallest absolute Gasteiger partial charge is 0.322 e. The van der Waals surface area contributed by atoms with Crippen molar-refractivity contribution in [1.29, 1.82) is 0 Å². The minimum atomic E-state index is -0.658. The Kier molecular flexibility index (Phi) is 4.73. The van der Waals surface area contributed by atoms with E-state index in [1.807, 2.05) is 54.8 Å². The molecule has 2 aliphatic rings. The van der Waals surface area contributed by atoms with Crippen molar-refractivity contribution < 1.29 is 0 Å². The van der Waals surface area contributed by atoms with Gasteiger partial charge < -0.3 is 4.57 Å². The van der Waals surface area contributed by atoms with Gasteiger partial charge in [0.1, 0.15) is 0 Å². The van der Waals surface area contributed by atoms with Crippen molar-refractivity contribution in [3.63, 3.8) is 0 Å². The first-order chi connectivity index (χ1) is 13.4. The van der Waals surface area contributed by atoms with Crippen molar-refractivity contribution in [1.82, 2.24) is 19.5 Å². The summed E-state index contributed by atoms with van der Waals surface area (Å²) in [7, 11) is 0. The Morgan fingerprint density at radius 1 is 1.04 bits per heavy atom. The lowest BCUT2D eigenvalue weighted by Gasteiger charge is -2.17. The number of rotatable bonds is 4. The molecular weight excluding hydrogens is 376 g/mol. The fourth-order valence-electron chi connectivity index (χ4n) is 3.37. The van der Waals surface area contributed by atoms with Crippen LogP contribution in [0.1, 0.15) is 23.1 Å². The molecule has 0 aliphatic carbocycles. The van der Waals surface area contributed by atoms with Crippen molar-refractivity contribution in [3.05, 3.63) is 78.9 Å². The molecule has 0 atom stereocenters. The molecule has 0 unspecified atom stereocenters. The van der Waals surface area contributed by atoms with Gasteiger partial charge in [-0.2, -0.15) is 4.98 Å². The fraction of sp³-hybridized carbons (Fsp3) is 0.238. The Morgan fingerprint density at radius 3 is 2.50 bits per heavy atom. The quantitative estimate of drug-likeness (QED) is 0.537. The number of nitrogens with one attached hydrogen (secondary N) is 1. The van der Waals surface area contributed by atoms with Crippen molar-refractivity contribution in [2.75, 3.05) is 0 Å². The molecule has 0 saturated carbocycles. The number of halogens is 1. The van der Waals surface area contributed by atoms with E-state index in [0.717, 1.165) is 29.5 Å². The molecule has 0 bridgehead atoms. The summed E-state index contributed by atoms with van der Waals surface area (Å²) in [6, 6.07) is 11.7. The zero-order chi connectivity index (χ0) is 19.8. The molecule has 0 saturated heterocycles. The minimum Gasteiger partial charge on any atom is -0.322 e. The Labute approximate surface area is 166 Å². The minimum absolute atomic E-state index is 0.182. The zero-order valence-corrected chi connectivity index (χ0v) is 16.4. The lowest BCUT2D eigenvalue weighted by Crippen LogP contribution is -2.29. The Hall–Kier alpha value is -2.99. The van der Waals surface area contributed by atoms with Crippen molar-refractivity contribution in [3.8, 4) is 11.5 Å². The van der Waals surface area contributed by atoms with Crippen LogP contribution in [0.5, 0.6) is 0 Å². The van der Waals surface area contributed by atoms with Crippen LogP contribution >= 0.6 is 11.6 Å². The number of hydrogen-bond donors (Lipinski definition) is 1. The third-order valence-electron chi connectivity index (χ3n) is 4.98. The highest BCUT2D eigenvalue weighted by Crippen LogP contribution is 2.24. The molecule has 0 spiro atoms. The molecule has 142 valence electrons. The molecule has 6 nitrogen and oxygen atoms in total. The maximum Gasteiger partial charge on any atom is 0.349 e. The lowest BCUT2D eigenvalue weighted by atomic mass is 10.1. The number of aromatic amines is 1. The monoisotopic (exact) mass is 394 g/mol. The summed E-state index contributed by atoms with van der Waals surface area (Å²) >= 11 is 5.95. The van der Waals surface area contributed by atoms with E-state index in [2.05, 4.69) is 15.0 Å². The van der Waals surface area contributed by atoms with E-state index in [0.29, 0.717) is 22.9 Å². The Bertz CT molecular complexity index is 1260. The number of fused-ring (bicyclic) bond motifs is 2. The molecule has 2 aliphatic heterocycles. The van der Waals surface area contributed by atoms with Crippen LogP contribution in [0.25, 0.3) is 22.6 Å². The van der Waals surface area contributed by atoms with E-state index >= 15 is 0 Å². The molecule has 2 heterocycles. The summed E-state index contributed by atoms with van der Waals surface area (Å²) in [6.07, 6.45) is 1.66. The standard InChI is InChI=1S/C21H19ClN4O2/c1-12-10-16-17(11-13(12)2)26(9-3-4-14-5-7-15(22)8-6-14)19-18(23-16)20(27)25-21(28)24-19/h5-8,10-11H,3-4,9H2,1-2H3,(H,25,27,28). The average Bonchev–Trinajstić information content (AvgIpc) is 2.65. The summed E-state index contributed by atoms with van der Waals surface area (Å²) < 4.78 is 1.93. The zero-order valence-electron chi connectivity index (χ0n) is 15.6. The summed E-state index contributed by atoms with van der Waals surface area (Å²) in [5.74, 6) is 0.320. The van der Waals surface area contributed by atoms with Gasteiger partial charge in [-0.15, -0.1) is 0 Å². The predicted molar refractivity (Wildman–Crippen MR) is 110 cm³/mol. The maximum absolute atomic E-state index is 12.3. The van der Waals surface area contributed by atoms with E-state index in [1.165, 1.54) is 5.56 Å². The molecule has 28 heavy (non-hydrogen) atoms. The van der Waals surface area contributed by atoms with E-state index in [-0.39, 0.29) is 5.69 Å². The fourth-order valence-corrected chi connectivity index (χ4v) is 3.49. The van der Waals surface area contributed by atoms with Gasteiger partial charge in [0.25, 0.3) is 5.56 Å². The van der Waals surface area contributed by atoms with Crippen LogP contribution in [0.2, 0.25) is 5.02 Å². The van der Waals surface area contributed by atoms with Gasteiger partial charge in [-0.05, 0) is 67.6 Å². The van der Waals surface area contributed by atoms with Crippen LogP contribution in [0.3, 0.4) is 0 Å². The number of H-pyrrole nitrogens is 1. The molecule has 2 aromatic rings. The number of benzene rings is 2. The average molecular weight is 395 g/mol. The first kappa shape index (κ1) is 18.4. The molecule has 0 fully saturated rings. The SMILES string of the molecule is Cc1cc2nc3c(=O)[nH]c(=O)nc-3n(CCCc3ccc(Cl)cc3)c2cc1C. The van der Waals surface area contributed by atoms with Gasteiger partial charge in [-0.25, -0.2) is 9.78 Å². The number of aromatic nitrogens is 4. The Morgan fingerprint density at radius 2 is 1.75 bits per heavy atom. The van der Waals surface area contributed by atoms with Gasteiger partial charge in [0.05, 0.1) is 11.0 Å². The van der Waals surface area contributed by atoms with Gasteiger partial charge in [-0.1, -0.05) is 23.7 Å². The first-order valence-corrected chi connectivity index (χ1v) is 9.46. The van der Waals surface area contributed by atoms with Gasteiger partial charge in [-0.3, -0.25) is 9.78 Å². The van der Waals surface area contributed by atoms with Gasteiger partial charge in [0.15, 0.2) is 11.5 Å². The van der Waals surface area contributed by atoms with Crippen LogP contribution in [0.4, 0.5) is 0 Å².